The molecule has 1 aromatic carbocycles. The third-order valence-corrected chi connectivity index (χ3v) is 2.21. The van der Waals surface area contributed by atoms with E-state index in [0.717, 1.165) is 18.4 Å². The first kappa shape index (κ1) is 8.34. The van der Waals surface area contributed by atoms with Gasteiger partial charge in [-0.2, -0.15) is 0 Å². The van der Waals surface area contributed by atoms with Gasteiger partial charge in [-0.3, -0.25) is 0 Å². The van der Waals surface area contributed by atoms with Gasteiger partial charge < -0.3 is 5.11 Å². The molecule has 1 nitrogen and oxygen atoms in total. The van der Waals surface area contributed by atoms with Crippen LogP contribution >= 0.6 is 0 Å². The Labute approximate surface area is 78.4 Å². The van der Waals surface area contributed by atoms with Crippen LogP contribution in [0.25, 0.3) is 0 Å². The fourth-order valence-electron chi connectivity index (χ4n) is 1.21. The maximum absolute atomic E-state index is 9.48. The van der Waals surface area contributed by atoms with E-state index < -0.39 is 6.10 Å². The number of benzene rings is 1. The Morgan fingerprint density at radius 2 is 1.92 bits per heavy atom. The first-order valence-electron chi connectivity index (χ1n) is 4.61. The van der Waals surface area contributed by atoms with E-state index >= 15 is 0 Å². The van der Waals surface area contributed by atoms with E-state index in [4.69, 9.17) is 0 Å². The lowest BCUT2D eigenvalue weighted by molar-refractivity contribution is 0.209. The molecule has 1 aliphatic carbocycles. The van der Waals surface area contributed by atoms with Gasteiger partial charge in [-0.15, -0.1) is 0 Å². The first-order chi connectivity index (χ1) is 6.36. The van der Waals surface area contributed by atoms with Crippen molar-refractivity contribution >= 4 is 0 Å². The van der Waals surface area contributed by atoms with Gasteiger partial charge in [0.15, 0.2) is 0 Å². The van der Waals surface area contributed by atoms with Crippen LogP contribution < -0.4 is 0 Å². The van der Waals surface area contributed by atoms with Crippen molar-refractivity contribution in [2.24, 2.45) is 5.92 Å². The van der Waals surface area contributed by atoms with Crippen LogP contribution in [0.15, 0.2) is 30.3 Å². The van der Waals surface area contributed by atoms with Gasteiger partial charge in [0.2, 0.25) is 0 Å². The van der Waals surface area contributed by atoms with Crippen molar-refractivity contribution in [1.29, 1.82) is 0 Å². The summed E-state index contributed by atoms with van der Waals surface area (Å²) in [7, 11) is 0. The first-order valence-corrected chi connectivity index (χ1v) is 4.61. The molecule has 66 valence electrons. The van der Waals surface area contributed by atoms with Crippen molar-refractivity contribution in [3.05, 3.63) is 35.9 Å². The number of aliphatic hydroxyl groups excluding tert-OH is 1. The van der Waals surface area contributed by atoms with Crippen molar-refractivity contribution in [2.45, 2.75) is 18.9 Å². The van der Waals surface area contributed by atoms with E-state index in [0.29, 0.717) is 5.92 Å². The van der Waals surface area contributed by atoms with Gasteiger partial charge in [0.25, 0.3) is 0 Å². The predicted molar refractivity (Wildman–Crippen MR) is 52.1 cm³/mol. The number of hydrogen-bond donors (Lipinski definition) is 1. The minimum Gasteiger partial charge on any atom is -0.380 e. The molecule has 0 spiro atoms. The molecule has 0 aromatic heterocycles. The second-order valence-corrected chi connectivity index (χ2v) is 3.42. The summed E-state index contributed by atoms with van der Waals surface area (Å²) in [4.78, 5) is 0. The van der Waals surface area contributed by atoms with Gasteiger partial charge in [0, 0.05) is 5.56 Å². The van der Waals surface area contributed by atoms with Crippen LogP contribution in [0.1, 0.15) is 18.4 Å². The van der Waals surface area contributed by atoms with Crippen molar-refractivity contribution in [1.82, 2.24) is 0 Å². The standard InChI is InChI=1S/C12H12O/c13-12(11-7-8-11)9-6-10-4-2-1-3-5-10/h1-5,11-13H,7-8H2. The summed E-state index contributed by atoms with van der Waals surface area (Å²) in [6, 6.07) is 9.77. The van der Waals surface area contributed by atoms with Gasteiger partial charge in [-0.1, -0.05) is 30.0 Å². The highest BCUT2D eigenvalue weighted by Crippen LogP contribution is 2.32. The van der Waals surface area contributed by atoms with E-state index in [-0.39, 0.29) is 0 Å². The molecule has 1 unspecified atom stereocenters. The van der Waals surface area contributed by atoms with E-state index in [1.165, 1.54) is 0 Å². The summed E-state index contributed by atoms with van der Waals surface area (Å²) in [6.45, 7) is 0. The van der Waals surface area contributed by atoms with Crippen LogP contribution in [0.2, 0.25) is 0 Å². The summed E-state index contributed by atoms with van der Waals surface area (Å²) >= 11 is 0. The minimum absolute atomic E-state index is 0.416. The summed E-state index contributed by atoms with van der Waals surface area (Å²) in [5.74, 6) is 6.27. The lowest BCUT2D eigenvalue weighted by Crippen LogP contribution is -2.04. The maximum Gasteiger partial charge on any atom is 0.117 e. The van der Waals surface area contributed by atoms with Crippen molar-refractivity contribution < 1.29 is 5.11 Å². The highest BCUT2D eigenvalue weighted by atomic mass is 16.3. The molecule has 2 rings (SSSR count). The molecule has 13 heavy (non-hydrogen) atoms. The largest absolute Gasteiger partial charge is 0.380 e. The Bertz CT molecular complexity index is 327. The van der Waals surface area contributed by atoms with Crippen molar-refractivity contribution in [3.63, 3.8) is 0 Å². The van der Waals surface area contributed by atoms with Crippen LogP contribution in [0.3, 0.4) is 0 Å². The third kappa shape index (κ3) is 2.34. The second kappa shape index (κ2) is 3.64. The molecule has 1 N–H and O–H groups in total. The molecule has 0 heterocycles. The van der Waals surface area contributed by atoms with Gasteiger partial charge in [0.1, 0.15) is 6.10 Å². The molecular weight excluding hydrogens is 160 g/mol. The number of rotatable bonds is 1. The molecule has 1 atom stereocenters. The lowest BCUT2D eigenvalue weighted by atomic mass is 10.2. The predicted octanol–water partition coefficient (Wildman–Crippen LogP) is 1.81. The van der Waals surface area contributed by atoms with Crippen LogP contribution in [-0.4, -0.2) is 11.2 Å². The minimum atomic E-state index is -0.416. The van der Waals surface area contributed by atoms with E-state index in [9.17, 15) is 5.11 Å². The summed E-state index contributed by atoms with van der Waals surface area (Å²) < 4.78 is 0. The second-order valence-electron chi connectivity index (χ2n) is 3.42. The van der Waals surface area contributed by atoms with Gasteiger partial charge in [0.05, 0.1) is 0 Å². The maximum atomic E-state index is 9.48. The molecule has 1 heteroatoms. The van der Waals surface area contributed by atoms with Crippen LogP contribution in [0, 0.1) is 17.8 Å². The average Bonchev–Trinajstić information content (AvgIpc) is 2.99. The van der Waals surface area contributed by atoms with E-state index in [1.807, 2.05) is 30.3 Å². The fourth-order valence-corrected chi connectivity index (χ4v) is 1.21. The van der Waals surface area contributed by atoms with E-state index in [1.54, 1.807) is 0 Å². The highest BCUT2D eigenvalue weighted by Gasteiger charge is 2.28. The van der Waals surface area contributed by atoms with Crippen molar-refractivity contribution in [3.8, 4) is 11.8 Å². The van der Waals surface area contributed by atoms with E-state index in [2.05, 4.69) is 11.8 Å². The highest BCUT2D eigenvalue weighted by molar-refractivity contribution is 5.34. The SMILES string of the molecule is OC(C#Cc1ccccc1)C1CC1. The quantitative estimate of drug-likeness (QED) is 0.640. The lowest BCUT2D eigenvalue weighted by Gasteiger charge is -1.96. The van der Waals surface area contributed by atoms with Gasteiger partial charge in [-0.25, -0.2) is 0 Å². The molecule has 0 aliphatic heterocycles. The smallest absolute Gasteiger partial charge is 0.117 e. The summed E-state index contributed by atoms with van der Waals surface area (Å²) in [5.41, 5.74) is 0.974. The van der Waals surface area contributed by atoms with Gasteiger partial charge in [-0.05, 0) is 30.9 Å². The van der Waals surface area contributed by atoms with Crippen molar-refractivity contribution in [2.75, 3.05) is 0 Å². The molecule has 1 saturated carbocycles. The zero-order valence-electron chi connectivity index (χ0n) is 7.40. The Morgan fingerprint density at radius 3 is 2.54 bits per heavy atom. The normalized spacial score (nSPS) is 17.3. The monoisotopic (exact) mass is 172 g/mol. The average molecular weight is 172 g/mol. The van der Waals surface area contributed by atoms with Crippen LogP contribution in [-0.2, 0) is 0 Å². The molecule has 0 bridgehead atoms. The fraction of sp³-hybridized carbons (Fsp3) is 0.333. The Hall–Kier alpha value is -1.26. The summed E-state index contributed by atoms with van der Waals surface area (Å²) in [5, 5.41) is 9.48. The Balaban J connectivity index is 2.03. The summed E-state index contributed by atoms with van der Waals surface area (Å²) in [6.07, 6.45) is 1.84. The zero-order chi connectivity index (χ0) is 9.10. The molecular formula is C12H12O. The molecule has 0 radical (unpaired) electrons. The Morgan fingerprint density at radius 1 is 1.23 bits per heavy atom. The third-order valence-electron chi connectivity index (χ3n) is 2.21. The molecule has 0 amide bonds. The zero-order valence-corrected chi connectivity index (χ0v) is 7.40. The molecule has 1 aliphatic rings. The molecule has 1 aromatic rings. The number of hydrogen-bond acceptors (Lipinski definition) is 1. The van der Waals surface area contributed by atoms with Crippen LogP contribution in [0.4, 0.5) is 0 Å². The molecule has 1 fully saturated rings. The van der Waals surface area contributed by atoms with Crippen LogP contribution in [0.5, 0.6) is 0 Å². The van der Waals surface area contributed by atoms with Gasteiger partial charge >= 0.3 is 0 Å². The molecule has 0 saturated heterocycles. The topological polar surface area (TPSA) is 20.2 Å². The Kier molecular flexibility index (Phi) is 2.33. The number of aliphatic hydroxyl groups is 1.